The average Bonchev–Trinajstić information content (AvgIpc) is 2.53. The lowest BCUT2D eigenvalue weighted by Gasteiger charge is -2.17. The summed E-state index contributed by atoms with van der Waals surface area (Å²) in [6.07, 6.45) is 4.20. The Labute approximate surface area is 121 Å². The van der Waals surface area contributed by atoms with Crippen molar-refractivity contribution >= 4 is 17.5 Å². The van der Waals surface area contributed by atoms with Crippen molar-refractivity contribution in [1.82, 2.24) is 15.3 Å². The van der Waals surface area contributed by atoms with Crippen molar-refractivity contribution in [3.8, 4) is 0 Å². The van der Waals surface area contributed by atoms with Crippen LogP contribution in [-0.2, 0) is 17.8 Å². The minimum Gasteiger partial charge on any atom is -0.346 e. The molecule has 0 saturated heterocycles. The Morgan fingerprint density at radius 3 is 3.00 bits per heavy atom. The van der Waals surface area contributed by atoms with Gasteiger partial charge in [-0.2, -0.15) is 0 Å². The van der Waals surface area contributed by atoms with E-state index >= 15 is 0 Å². The van der Waals surface area contributed by atoms with Gasteiger partial charge in [0.05, 0.1) is 12.2 Å². The van der Waals surface area contributed by atoms with Crippen LogP contribution in [0.5, 0.6) is 0 Å². The quantitative estimate of drug-likeness (QED) is 0.888. The molecule has 1 aromatic carbocycles. The van der Waals surface area contributed by atoms with Gasteiger partial charge in [-0.15, -0.1) is 0 Å². The van der Waals surface area contributed by atoms with Crippen LogP contribution in [0.1, 0.15) is 28.0 Å². The van der Waals surface area contributed by atoms with E-state index in [2.05, 4.69) is 20.6 Å². The van der Waals surface area contributed by atoms with Crippen molar-refractivity contribution in [2.75, 3.05) is 5.32 Å². The summed E-state index contributed by atoms with van der Waals surface area (Å²) in [7, 11) is 0. The molecule has 0 unspecified atom stereocenters. The Hall–Kier alpha value is -2.76. The zero-order chi connectivity index (χ0) is 14.7. The maximum Gasteiger partial charge on any atom is 0.251 e. The van der Waals surface area contributed by atoms with E-state index in [-0.39, 0.29) is 11.8 Å². The lowest BCUT2D eigenvalue weighted by atomic mass is 10.00. The van der Waals surface area contributed by atoms with Crippen molar-refractivity contribution in [2.24, 2.45) is 0 Å². The van der Waals surface area contributed by atoms with E-state index in [1.807, 2.05) is 6.07 Å². The summed E-state index contributed by atoms with van der Waals surface area (Å²) in [4.78, 5) is 31.3. The molecule has 0 aliphatic carbocycles. The highest BCUT2D eigenvalue weighted by Crippen LogP contribution is 2.23. The fourth-order valence-corrected chi connectivity index (χ4v) is 2.22. The molecule has 3 rings (SSSR count). The number of nitrogens with zero attached hydrogens (tertiary/aromatic N) is 2. The predicted molar refractivity (Wildman–Crippen MR) is 76.6 cm³/mol. The summed E-state index contributed by atoms with van der Waals surface area (Å²) in [5.74, 6) is -0.142. The smallest absolute Gasteiger partial charge is 0.251 e. The first-order valence-electron chi connectivity index (χ1n) is 6.68. The summed E-state index contributed by atoms with van der Waals surface area (Å²) in [6, 6.07) is 7.05. The number of carbonyl (C=O) groups is 2. The molecular formula is C15H14N4O2. The predicted octanol–water partition coefficient (Wildman–Crippen LogP) is 1.29. The van der Waals surface area contributed by atoms with E-state index in [0.717, 1.165) is 16.9 Å². The number of hydrogen-bond donors (Lipinski definition) is 2. The number of rotatable bonds is 3. The molecule has 2 heterocycles. The van der Waals surface area contributed by atoms with Crippen LogP contribution >= 0.6 is 0 Å². The molecule has 2 aromatic rings. The van der Waals surface area contributed by atoms with E-state index in [4.69, 9.17) is 0 Å². The van der Waals surface area contributed by atoms with E-state index in [0.29, 0.717) is 24.9 Å². The van der Waals surface area contributed by atoms with Crippen LogP contribution in [0, 0.1) is 0 Å². The first kappa shape index (κ1) is 13.2. The van der Waals surface area contributed by atoms with Gasteiger partial charge in [0.25, 0.3) is 5.91 Å². The van der Waals surface area contributed by atoms with Crippen molar-refractivity contribution in [1.29, 1.82) is 0 Å². The second-order valence-corrected chi connectivity index (χ2v) is 4.80. The largest absolute Gasteiger partial charge is 0.346 e. The number of aromatic nitrogens is 2. The number of fused-ring (bicyclic) bond motifs is 1. The first-order valence-corrected chi connectivity index (χ1v) is 6.68. The van der Waals surface area contributed by atoms with Crippen LogP contribution in [0.15, 0.2) is 36.8 Å². The third-order valence-corrected chi connectivity index (χ3v) is 3.34. The molecule has 1 aliphatic heterocycles. The zero-order valence-corrected chi connectivity index (χ0v) is 11.3. The molecule has 0 bridgehead atoms. The number of nitrogens with one attached hydrogen (secondary N) is 2. The normalized spacial score (nSPS) is 13.2. The molecule has 106 valence electrons. The Bertz CT molecular complexity index is 685. The summed E-state index contributed by atoms with van der Waals surface area (Å²) in [6.45, 7) is 0.356. The fraction of sp³-hybridized carbons (Fsp3) is 0.200. The Morgan fingerprint density at radius 2 is 2.19 bits per heavy atom. The number of anilines is 1. The van der Waals surface area contributed by atoms with E-state index in [1.165, 1.54) is 6.33 Å². The minimum atomic E-state index is -0.159. The van der Waals surface area contributed by atoms with E-state index < -0.39 is 0 Å². The number of benzene rings is 1. The number of amides is 2. The number of carbonyl (C=O) groups excluding carboxylic acids is 2. The summed E-state index contributed by atoms with van der Waals surface area (Å²) < 4.78 is 0. The van der Waals surface area contributed by atoms with Crippen molar-refractivity contribution in [2.45, 2.75) is 19.4 Å². The second-order valence-electron chi connectivity index (χ2n) is 4.80. The zero-order valence-electron chi connectivity index (χ0n) is 11.3. The molecule has 21 heavy (non-hydrogen) atoms. The summed E-state index contributed by atoms with van der Waals surface area (Å²) in [5, 5.41) is 5.61. The minimum absolute atomic E-state index is 0.0171. The van der Waals surface area contributed by atoms with Crippen LogP contribution in [0.4, 0.5) is 5.69 Å². The van der Waals surface area contributed by atoms with Gasteiger partial charge >= 0.3 is 0 Å². The third-order valence-electron chi connectivity index (χ3n) is 3.34. The lowest BCUT2D eigenvalue weighted by Crippen LogP contribution is -2.24. The monoisotopic (exact) mass is 282 g/mol. The summed E-state index contributed by atoms with van der Waals surface area (Å²) in [5.41, 5.74) is 3.12. The van der Waals surface area contributed by atoms with Gasteiger partial charge in [0.15, 0.2) is 0 Å². The van der Waals surface area contributed by atoms with Gasteiger partial charge < -0.3 is 10.6 Å². The summed E-state index contributed by atoms with van der Waals surface area (Å²) >= 11 is 0. The topological polar surface area (TPSA) is 84.0 Å². The molecule has 1 aliphatic rings. The van der Waals surface area contributed by atoms with Crippen LogP contribution < -0.4 is 10.6 Å². The van der Waals surface area contributed by atoms with Gasteiger partial charge in [0.1, 0.15) is 6.33 Å². The molecule has 0 saturated carbocycles. The molecule has 6 nitrogen and oxygen atoms in total. The molecule has 1 aromatic heterocycles. The molecule has 0 spiro atoms. The number of aryl methyl sites for hydroxylation is 1. The van der Waals surface area contributed by atoms with Crippen LogP contribution in [0.3, 0.4) is 0 Å². The molecule has 6 heteroatoms. The van der Waals surface area contributed by atoms with Crippen LogP contribution in [0.2, 0.25) is 0 Å². The Balaban J connectivity index is 1.69. The molecule has 2 amide bonds. The standard InChI is InChI=1S/C15H14N4O2/c20-14-4-2-10-7-11(1-3-13(10)19-14)15(21)17-8-12-5-6-16-9-18-12/h1,3,5-7,9H,2,4,8H2,(H,17,21)(H,19,20). The van der Waals surface area contributed by atoms with E-state index in [1.54, 1.807) is 24.4 Å². The van der Waals surface area contributed by atoms with E-state index in [9.17, 15) is 9.59 Å². The van der Waals surface area contributed by atoms with Gasteiger partial charge in [0, 0.05) is 23.9 Å². The maximum absolute atomic E-state index is 12.1. The molecule has 0 radical (unpaired) electrons. The second kappa shape index (κ2) is 5.70. The highest BCUT2D eigenvalue weighted by Gasteiger charge is 2.16. The van der Waals surface area contributed by atoms with Crippen molar-refractivity contribution in [3.05, 3.63) is 53.6 Å². The SMILES string of the molecule is O=C1CCc2cc(C(=O)NCc3ccncn3)ccc2N1. The molecule has 0 fully saturated rings. The van der Waals surface area contributed by atoms with Crippen molar-refractivity contribution in [3.63, 3.8) is 0 Å². The van der Waals surface area contributed by atoms with Crippen LogP contribution in [-0.4, -0.2) is 21.8 Å². The molecule has 2 N–H and O–H groups in total. The number of hydrogen-bond acceptors (Lipinski definition) is 4. The van der Waals surface area contributed by atoms with Crippen LogP contribution in [0.25, 0.3) is 0 Å². The highest BCUT2D eigenvalue weighted by atomic mass is 16.2. The third kappa shape index (κ3) is 3.05. The fourth-order valence-electron chi connectivity index (χ4n) is 2.22. The Kier molecular flexibility index (Phi) is 3.59. The Morgan fingerprint density at radius 1 is 1.29 bits per heavy atom. The van der Waals surface area contributed by atoms with Gasteiger partial charge in [-0.1, -0.05) is 0 Å². The maximum atomic E-state index is 12.1. The first-order chi connectivity index (χ1) is 10.2. The lowest BCUT2D eigenvalue weighted by molar-refractivity contribution is -0.116. The van der Waals surface area contributed by atoms with Gasteiger partial charge in [-0.05, 0) is 36.2 Å². The van der Waals surface area contributed by atoms with Gasteiger partial charge in [-0.25, -0.2) is 9.97 Å². The highest BCUT2D eigenvalue weighted by molar-refractivity contribution is 5.97. The van der Waals surface area contributed by atoms with Gasteiger partial charge in [0.2, 0.25) is 5.91 Å². The molecule has 0 atom stereocenters. The van der Waals surface area contributed by atoms with Crippen molar-refractivity contribution < 1.29 is 9.59 Å². The average molecular weight is 282 g/mol. The molecular weight excluding hydrogens is 268 g/mol. The van der Waals surface area contributed by atoms with Gasteiger partial charge in [-0.3, -0.25) is 9.59 Å².